The van der Waals surface area contributed by atoms with Crippen LogP contribution in [0.2, 0.25) is 0 Å². The Labute approximate surface area is 114 Å². The van der Waals surface area contributed by atoms with Crippen LogP contribution in [0.4, 0.5) is 0 Å². The van der Waals surface area contributed by atoms with Crippen LogP contribution in [0.1, 0.15) is 37.7 Å². The summed E-state index contributed by atoms with van der Waals surface area (Å²) in [7, 11) is 0. The highest BCUT2D eigenvalue weighted by Gasteiger charge is 2.16. The van der Waals surface area contributed by atoms with E-state index in [2.05, 4.69) is 48.9 Å². The quantitative estimate of drug-likeness (QED) is 0.915. The molecule has 2 N–H and O–H groups in total. The zero-order chi connectivity index (χ0) is 13.4. The van der Waals surface area contributed by atoms with Crippen LogP contribution in [-0.4, -0.2) is 9.55 Å². The molecule has 1 aliphatic rings. The Balaban J connectivity index is 1.94. The van der Waals surface area contributed by atoms with Gasteiger partial charge in [-0.05, 0) is 24.0 Å². The number of nitrogens with two attached hydrogens (primary N) is 1. The third-order valence-electron chi connectivity index (χ3n) is 3.94. The molecule has 1 aromatic carbocycles. The van der Waals surface area contributed by atoms with Gasteiger partial charge in [0, 0.05) is 30.8 Å². The number of fused-ring (bicyclic) bond motifs is 1. The zero-order valence-corrected chi connectivity index (χ0v) is 11.6. The topological polar surface area (TPSA) is 43.8 Å². The number of aryl methyl sites for hydroxylation is 2. The van der Waals surface area contributed by atoms with E-state index in [0.29, 0.717) is 5.92 Å². The van der Waals surface area contributed by atoms with Crippen LogP contribution in [0.5, 0.6) is 0 Å². The van der Waals surface area contributed by atoms with Crippen molar-refractivity contribution in [2.24, 2.45) is 11.7 Å². The molecule has 0 fully saturated rings. The van der Waals surface area contributed by atoms with Gasteiger partial charge in [0.15, 0.2) is 0 Å². The van der Waals surface area contributed by atoms with Crippen molar-refractivity contribution in [1.82, 2.24) is 9.55 Å². The molecule has 3 heteroatoms. The van der Waals surface area contributed by atoms with E-state index in [9.17, 15) is 0 Å². The van der Waals surface area contributed by atoms with Crippen molar-refractivity contribution in [3.05, 3.63) is 41.9 Å². The molecule has 0 bridgehead atoms. The summed E-state index contributed by atoms with van der Waals surface area (Å²) >= 11 is 0. The summed E-state index contributed by atoms with van der Waals surface area (Å²) in [4.78, 5) is 4.73. The predicted molar refractivity (Wildman–Crippen MR) is 77.8 cm³/mol. The molecule has 3 rings (SSSR count). The Morgan fingerprint density at radius 2 is 2.16 bits per heavy atom. The van der Waals surface area contributed by atoms with Crippen molar-refractivity contribution in [3.8, 4) is 11.3 Å². The smallest absolute Gasteiger partial charge is 0.109 e. The molecule has 1 aliphatic heterocycles. The monoisotopic (exact) mass is 255 g/mol. The average molecular weight is 255 g/mol. The van der Waals surface area contributed by atoms with Crippen molar-refractivity contribution in [1.29, 1.82) is 0 Å². The lowest BCUT2D eigenvalue weighted by molar-refractivity contribution is 0.514. The Kier molecular flexibility index (Phi) is 3.15. The van der Waals surface area contributed by atoms with E-state index in [1.807, 2.05) is 0 Å². The minimum absolute atomic E-state index is 0.0920. The van der Waals surface area contributed by atoms with Crippen LogP contribution < -0.4 is 5.73 Å². The van der Waals surface area contributed by atoms with Crippen molar-refractivity contribution in [2.75, 3.05) is 0 Å². The lowest BCUT2D eigenvalue weighted by Gasteiger charge is -2.16. The Morgan fingerprint density at radius 3 is 2.89 bits per heavy atom. The molecule has 0 spiro atoms. The number of imidazole rings is 1. The first kappa shape index (κ1) is 12.4. The highest BCUT2D eigenvalue weighted by atomic mass is 15.1. The minimum atomic E-state index is 0.0920. The molecule has 1 unspecified atom stereocenters. The fraction of sp³-hybridized carbons (Fsp3) is 0.438. The van der Waals surface area contributed by atoms with Crippen LogP contribution in [0.25, 0.3) is 11.3 Å². The lowest BCUT2D eigenvalue weighted by atomic mass is 9.95. The van der Waals surface area contributed by atoms with E-state index in [4.69, 9.17) is 10.7 Å². The molecule has 0 saturated carbocycles. The fourth-order valence-electron chi connectivity index (χ4n) is 2.68. The Hall–Kier alpha value is -1.61. The molecule has 3 nitrogen and oxygen atoms in total. The summed E-state index contributed by atoms with van der Waals surface area (Å²) in [5.74, 6) is 1.66. The van der Waals surface area contributed by atoms with E-state index < -0.39 is 0 Å². The van der Waals surface area contributed by atoms with Crippen LogP contribution in [0.3, 0.4) is 0 Å². The van der Waals surface area contributed by atoms with Gasteiger partial charge in [-0.2, -0.15) is 0 Å². The maximum atomic E-state index is 6.23. The summed E-state index contributed by atoms with van der Waals surface area (Å²) in [6, 6.07) is 8.58. The van der Waals surface area contributed by atoms with Gasteiger partial charge < -0.3 is 10.3 Å². The maximum absolute atomic E-state index is 6.23. The second kappa shape index (κ2) is 4.82. The first-order valence-corrected chi connectivity index (χ1v) is 7.07. The van der Waals surface area contributed by atoms with Gasteiger partial charge in [0.1, 0.15) is 5.82 Å². The lowest BCUT2D eigenvalue weighted by Crippen LogP contribution is -2.16. The van der Waals surface area contributed by atoms with Crippen molar-refractivity contribution in [3.63, 3.8) is 0 Å². The highest BCUT2D eigenvalue weighted by Crippen LogP contribution is 2.26. The van der Waals surface area contributed by atoms with Gasteiger partial charge in [0.2, 0.25) is 0 Å². The third kappa shape index (κ3) is 2.30. The largest absolute Gasteiger partial charge is 0.334 e. The summed E-state index contributed by atoms with van der Waals surface area (Å²) in [6.07, 6.45) is 4.49. The van der Waals surface area contributed by atoms with E-state index >= 15 is 0 Å². The van der Waals surface area contributed by atoms with Gasteiger partial charge in [-0.25, -0.2) is 4.98 Å². The minimum Gasteiger partial charge on any atom is -0.334 e. The summed E-state index contributed by atoms with van der Waals surface area (Å²) in [5, 5.41) is 0. The van der Waals surface area contributed by atoms with Gasteiger partial charge in [0.25, 0.3) is 0 Å². The molecule has 2 heterocycles. The third-order valence-corrected chi connectivity index (χ3v) is 3.94. The van der Waals surface area contributed by atoms with Crippen LogP contribution in [0, 0.1) is 5.92 Å². The van der Waals surface area contributed by atoms with E-state index in [0.717, 1.165) is 18.7 Å². The molecular weight excluding hydrogens is 234 g/mol. The molecule has 0 saturated heterocycles. The summed E-state index contributed by atoms with van der Waals surface area (Å²) in [5.41, 5.74) is 9.68. The number of nitrogens with zero attached hydrogens (tertiary/aromatic N) is 2. The predicted octanol–water partition coefficient (Wildman–Crippen LogP) is 3.15. The van der Waals surface area contributed by atoms with Crippen molar-refractivity contribution >= 4 is 0 Å². The second-order valence-electron chi connectivity index (χ2n) is 5.73. The molecule has 100 valence electrons. The summed E-state index contributed by atoms with van der Waals surface area (Å²) in [6.45, 7) is 5.42. The molecule has 0 aliphatic carbocycles. The van der Waals surface area contributed by atoms with Crippen LogP contribution in [0.15, 0.2) is 30.5 Å². The second-order valence-corrected chi connectivity index (χ2v) is 5.73. The number of rotatable bonds is 3. The Bertz CT molecular complexity index is 562. The molecule has 2 aromatic rings. The van der Waals surface area contributed by atoms with Gasteiger partial charge in [0.05, 0.1) is 5.69 Å². The number of aromatic nitrogens is 2. The Morgan fingerprint density at radius 1 is 1.32 bits per heavy atom. The molecule has 0 amide bonds. The van der Waals surface area contributed by atoms with E-state index in [-0.39, 0.29) is 6.04 Å². The molecule has 1 atom stereocenters. The maximum Gasteiger partial charge on any atom is 0.109 e. The summed E-state index contributed by atoms with van der Waals surface area (Å²) < 4.78 is 2.27. The molecule has 0 radical (unpaired) electrons. The number of hydrogen-bond acceptors (Lipinski definition) is 2. The molecular formula is C16H21N3. The SMILES string of the molecule is CC(C)C(N)c1cccc(-c2cn3c(n2)CCC3)c1. The molecule has 1 aromatic heterocycles. The van der Waals surface area contributed by atoms with E-state index in [1.54, 1.807) is 0 Å². The van der Waals surface area contributed by atoms with Crippen LogP contribution in [-0.2, 0) is 13.0 Å². The molecule has 19 heavy (non-hydrogen) atoms. The van der Waals surface area contributed by atoms with Crippen molar-refractivity contribution in [2.45, 2.75) is 39.3 Å². The van der Waals surface area contributed by atoms with Gasteiger partial charge >= 0.3 is 0 Å². The van der Waals surface area contributed by atoms with Crippen molar-refractivity contribution < 1.29 is 0 Å². The highest BCUT2D eigenvalue weighted by molar-refractivity contribution is 5.60. The van der Waals surface area contributed by atoms with Gasteiger partial charge in [-0.1, -0.05) is 32.0 Å². The zero-order valence-electron chi connectivity index (χ0n) is 11.6. The van der Waals surface area contributed by atoms with Gasteiger partial charge in [-0.15, -0.1) is 0 Å². The fourth-order valence-corrected chi connectivity index (χ4v) is 2.68. The van der Waals surface area contributed by atoms with E-state index in [1.165, 1.54) is 23.4 Å². The average Bonchev–Trinajstić information content (AvgIpc) is 2.98. The first-order valence-electron chi connectivity index (χ1n) is 7.07. The first-order chi connectivity index (χ1) is 9.15. The standard InChI is InChI=1S/C16H21N3/c1-11(2)16(17)13-6-3-5-12(9-13)14-10-19-8-4-7-15(19)18-14/h3,5-6,9-11,16H,4,7-8,17H2,1-2H3. The number of hydrogen-bond donors (Lipinski definition) is 1. The number of benzene rings is 1. The van der Waals surface area contributed by atoms with Gasteiger partial charge in [-0.3, -0.25) is 0 Å². The van der Waals surface area contributed by atoms with Crippen LogP contribution >= 0.6 is 0 Å². The normalized spacial score (nSPS) is 15.8.